The molecule has 5 heteroatoms. The summed E-state index contributed by atoms with van der Waals surface area (Å²) in [5.74, 6) is -1.82. The third-order valence-electron chi connectivity index (χ3n) is 2.78. The van der Waals surface area contributed by atoms with Gasteiger partial charge >= 0.3 is 5.97 Å². The molecule has 0 aliphatic heterocycles. The quantitative estimate of drug-likeness (QED) is 0.828. The molecule has 0 fully saturated rings. The number of hydrogen-bond acceptors (Lipinski definition) is 3. The van der Waals surface area contributed by atoms with E-state index in [0.29, 0.717) is 0 Å². The van der Waals surface area contributed by atoms with Crippen molar-refractivity contribution in [2.45, 2.75) is 19.9 Å². The largest absolute Gasteiger partial charge is 0.469 e. The van der Waals surface area contributed by atoms with E-state index >= 15 is 0 Å². The number of esters is 1. The van der Waals surface area contributed by atoms with E-state index in [1.165, 1.54) is 21.0 Å². The first-order valence-electron chi connectivity index (χ1n) is 5.09. The normalized spacial score (nSPS) is 13.3. The summed E-state index contributed by atoms with van der Waals surface area (Å²) in [6, 6.07) is 1.99. The van der Waals surface area contributed by atoms with Crippen LogP contribution in [-0.2, 0) is 9.53 Å². The van der Waals surface area contributed by atoms with Crippen LogP contribution in [0.4, 0.5) is 8.78 Å². The Labute approximate surface area is 98.6 Å². The molecule has 1 aromatic rings. The van der Waals surface area contributed by atoms with Gasteiger partial charge in [-0.2, -0.15) is 0 Å². The molecule has 1 rings (SSSR count). The number of hydrogen-bond donors (Lipinski definition) is 1. The van der Waals surface area contributed by atoms with Crippen LogP contribution >= 0.6 is 0 Å². The van der Waals surface area contributed by atoms with Crippen LogP contribution in [0.3, 0.4) is 0 Å². The Morgan fingerprint density at radius 1 is 1.41 bits per heavy atom. The minimum Gasteiger partial charge on any atom is -0.469 e. The SMILES string of the molecule is COC(=O)C(C)(C)[C@@H](N)c1cc(F)ccc1F. The van der Waals surface area contributed by atoms with Crippen LogP contribution in [0.2, 0.25) is 0 Å². The summed E-state index contributed by atoms with van der Waals surface area (Å²) in [7, 11) is 1.22. The van der Waals surface area contributed by atoms with E-state index in [0.717, 1.165) is 18.2 Å². The van der Waals surface area contributed by atoms with Gasteiger partial charge in [-0.1, -0.05) is 0 Å². The fourth-order valence-corrected chi connectivity index (χ4v) is 1.53. The van der Waals surface area contributed by atoms with Gasteiger partial charge in [0.15, 0.2) is 0 Å². The minimum atomic E-state index is -1.14. The smallest absolute Gasteiger partial charge is 0.313 e. The second kappa shape index (κ2) is 4.79. The molecule has 0 aliphatic rings. The zero-order chi connectivity index (χ0) is 13.2. The summed E-state index contributed by atoms with van der Waals surface area (Å²) in [5.41, 5.74) is 4.63. The van der Waals surface area contributed by atoms with Crippen LogP contribution in [0.1, 0.15) is 25.5 Å². The molecule has 17 heavy (non-hydrogen) atoms. The summed E-state index contributed by atoms with van der Waals surface area (Å²) in [5, 5.41) is 0. The van der Waals surface area contributed by atoms with E-state index in [1.807, 2.05) is 0 Å². The van der Waals surface area contributed by atoms with E-state index < -0.39 is 29.1 Å². The molecule has 0 amide bonds. The van der Waals surface area contributed by atoms with E-state index in [4.69, 9.17) is 5.73 Å². The minimum absolute atomic E-state index is 0.0413. The van der Waals surface area contributed by atoms with Crippen LogP contribution in [0.25, 0.3) is 0 Å². The molecule has 94 valence electrons. The molecule has 0 spiro atoms. The van der Waals surface area contributed by atoms with Crippen molar-refractivity contribution < 1.29 is 18.3 Å². The van der Waals surface area contributed by atoms with Gasteiger partial charge in [-0.15, -0.1) is 0 Å². The average Bonchev–Trinajstić information content (AvgIpc) is 2.30. The Kier molecular flexibility index (Phi) is 3.83. The van der Waals surface area contributed by atoms with Crippen LogP contribution in [0.5, 0.6) is 0 Å². The topological polar surface area (TPSA) is 52.3 Å². The van der Waals surface area contributed by atoms with Crippen molar-refractivity contribution in [2.24, 2.45) is 11.1 Å². The van der Waals surface area contributed by atoms with Crippen molar-refractivity contribution >= 4 is 5.97 Å². The van der Waals surface area contributed by atoms with Crippen LogP contribution < -0.4 is 5.73 Å². The molecular formula is C12H15F2NO2. The molecule has 0 aliphatic carbocycles. The molecule has 0 saturated carbocycles. The van der Waals surface area contributed by atoms with Crippen molar-refractivity contribution in [2.75, 3.05) is 7.11 Å². The Bertz CT molecular complexity index is 433. The van der Waals surface area contributed by atoms with E-state index in [-0.39, 0.29) is 5.56 Å². The van der Waals surface area contributed by atoms with Crippen molar-refractivity contribution in [3.63, 3.8) is 0 Å². The second-order valence-corrected chi connectivity index (χ2v) is 4.36. The zero-order valence-electron chi connectivity index (χ0n) is 9.96. The van der Waals surface area contributed by atoms with Gasteiger partial charge in [-0.25, -0.2) is 8.78 Å². The monoisotopic (exact) mass is 243 g/mol. The highest BCUT2D eigenvalue weighted by Gasteiger charge is 2.37. The summed E-state index contributed by atoms with van der Waals surface area (Å²) >= 11 is 0. The standard InChI is InChI=1S/C12H15F2NO2/c1-12(2,11(16)17-3)10(15)8-6-7(13)4-5-9(8)14/h4-6,10H,15H2,1-3H3/t10-/m0/s1. The molecule has 0 aromatic heterocycles. The molecule has 0 unspecified atom stereocenters. The lowest BCUT2D eigenvalue weighted by molar-refractivity contribution is -0.152. The Hall–Kier alpha value is -1.49. The van der Waals surface area contributed by atoms with Gasteiger partial charge in [0.05, 0.1) is 12.5 Å². The van der Waals surface area contributed by atoms with Crippen molar-refractivity contribution in [1.29, 1.82) is 0 Å². The summed E-state index contributed by atoms with van der Waals surface area (Å²) in [4.78, 5) is 11.5. The highest BCUT2D eigenvalue weighted by Crippen LogP contribution is 2.33. The van der Waals surface area contributed by atoms with Gasteiger partial charge in [0.2, 0.25) is 0 Å². The number of carbonyl (C=O) groups excluding carboxylic acids is 1. The first kappa shape index (κ1) is 13.6. The maximum atomic E-state index is 13.5. The summed E-state index contributed by atoms with van der Waals surface area (Å²) < 4.78 is 31.2. The van der Waals surface area contributed by atoms with Crippen molar-refractivity contribution in [3.05, 3.63) is 35.4 Å². The number of rotatable bonds is 3. The maximum Gasteiger partial charge on any atom is 0.313 e. The second-order valence-electron chi connectivity index (χ2n) is 4.36. The third-order valence-corrected chi connectivity index (χ3v) is 2.78. The highest BCUT2D eigenvalue weighted by molar-refractivity contribution is 5.77. The van der Waals surface area contributed by atoms with Crippen molar-refractivity contribution in [1.82, 2.24) is 0 Å². The number of benzene rings is 1. The molecule has 0 heterocycles. The Balaban J connectivity index is 3.15. The first-order valence-corrected chi connectivity index (χ1v) is 5.09. The zero-order valence-corrected chi connectivity index (χ0v) is 9.96. The van der Waals surface area contributed by atoms with Gasteiger partial charge in [0.25, 0.3) is 0 Å². The van der Waals surface area contributed by atoms with Crippen molar-refractivity contribution in [3.8, 4) is 0 Å². The molecule has 0 bridgehead atoms. The molecule has 0 saturated heterocycles. The van der Waals surface area contributed by atoms with Gasteiger partial charge < -0.3 is 10.5 Å². The molecular weight excluding hydrogens is 228 g/mol. The number of carbonyl (C=O) groups is 1. The van der Waals surface area contributed by atoms with E-state index in [2.05, 4.69) is 4.74 Å². The van der Waals surface area contributed by atoms with Gasteiger partial charge in [-0.05, 0) is 32.0 Å². The number of halogens is 2. The summed E-state index contributed by atoms with van der Waals surface area (Å²) in [6.45, 7) is 3.04. The predicted molar refractivity (Wildman–Crippen MR) is 59.1 cm³/mol. The molecule has 0 radical (unpaired) electrons. The fraction of sp³-hybridized carbons (Fsp3) is 0.417. The third kappa shape index (κ3) is 2.61. The molecule has 1 atom stereocenters. The molecule has 3 nitrogen and oxygen atoms in total. The fourth-order valence-electron chi connectivity index (χ4n) is 1.53. The lowest BCUT2D eigenvalue weighted by Crippen LogP contribution is -2.37. The van der Waals surface area contributed by atoms with Crippen LogP contribution in [0, 0.1) is 17.0 Å². The van der Waals surface area contributed by atoms with Crippen LogP contribution in [-0.4, -0.2) is 13.1 Å². The Morgan fingerprint density at radius 3 is 2.53 bits per heavy atom. The Morgan fingerprint density at radius 2 is 2.00 bits per heavy atom. The highest BCUT2D eigenvalue weighted by atomic mass is 19.1. The number of nitrogens with two attached hydrogens (primary N) is 1. The predicted octanol–water partition coefficient (Wildman–Crippen LogP) is 2.16. The van der Waals surface area contributed by atoms with E-state index in [9.17, 15) is 13.6 Å². The first-order chi connectivity index (χ1) is 7.80. The van der Waals surface area contributed by atoms with E-state index in [1.54, 1.807) is 0 Å². The average molecular weight is 243 g/mol. The number of methoxy groups -OCH3 is 1. The summed E-state index contributed by atoms with van der Waals surface area (Å²) in [6.07, 6.45) is 0. The van der Waals surface area contributed by atoms with Gasteiger partial charge in [0.1, 0.15) is 11.6 Å². The molecule has 2 N–H and O–H groups in total. The lowest BCUT2D eigenvalue weighted by Gasteiger charge is -2.29. The van der Waals surface area contributed by atoms with Gasteiger partial charge in [0, 0.05) is 11.6 Å². The molecule has 1 aromatic carbocycles. The van der Waals surface area contributed by atoms with Crippen LogP contribution in [0.15, 0.2) is 18.2 Å². The van der Waals surface area contributed by atoms with Gasteiger partial charge in [-0.3, -0.25) is 4.79 Å². The maximum absolute atomic E-state index is 13.5. The number of ether oxygens (including phenoxy) is 1. The lowest BCUT2D eigenvalue weighted by atomic mass is 9.81.